The summed E-state index contributed by atoms with van der Waals surface area (Å²) in [7, 11) is 0. The first-order chi connectivity index (χ1) is 17.3. The quantitative estimate of drug-likeness (QED) is 0.150. The summed E-state index contributed by atoms with van der Waals surface area (Å²) in [4.78, 5) is 3.25. The van der Waals surface area contributed by atoms with Crippen molar-refractivity contribution in [2.75, 3.05) is 5.01 Å². The van der Waals surface area contributed by atoms with Gasteiger partial charge in [0, 0.05) is 6.20 Å². The van der Waals surface area contributed by atoms with E-state index in [9.17, 15) is 26.3 Å². The van der Waals surface area contributed by atoms with Crippen LogP contribution in [0.1, 0.15) is 5.56 Å². The van der Waals surface area contributed by atoms with Crippen LogP contribution in [0.25, 0.3) is 5.70 Å². The molecule has 3 aromatic carbocycles. The molecule has 0 saturated carbocycles. The van der Waals surface area contributed by atoms with Crippen LogP contribution in [-0.4, -0.2) is 18.1 Å². The Hall–Kier alpha value is -4.45. The molecule has 37 heavy (non-hydrogen) atoms. The van der Waals surface area contributed by atoms with Crippen LogP contribution in [0, 0.1) is 0 Å². The first-order valence-corrected chi connectivity index (χ1v) is 10.5. The van der Waals surface area contributed by atoms with Crippen molar-refractivity contribution >= 4 is 22.8 Å². The van der Waals surface area contributed by atoms with Crippen molar-refractivity contribution in [1.82, 2.24) is 0 Å². The highest BCUT2D eigenvalue weighted by molar-refractivity contribution is 6.01. The van der Waals surface area contributed by atoms with Gasteiger partial charge in [-0.05, 0) is 72.3 Å². The van der Waals surface area contributed by atoms with Crippen LogP contribution in [0.2, 0.25) is 0 Å². The summed E-state index contributed by atoms with van der Waals surface area (Å²) in [6.07, 6.45) is -9.16. The molecule has 12 heteroatoms. The summed E-state index contributed by atoms with van der Waals surface area (Å²) in [5, 5.41) is 1.13. The molecule has 3 aromatic rings. The molecule has 0 unspecified atom stereocenters. The van der Waals surface area contributed by atoms with E-state index in [0.717, 1.165) is 17.1 Å². The second-order valence-electron chi connectivity index (χ2n) is 7.54. The highest BCUT2D eigenvalue weighted by Crippen LogP contribution is 2.28. The minimum atomic E-state index is -5.16. The molecule has 194 valence electrons. The van der Waals surface area contributed by atoms with Gasteiger partial charge in [-0.15, -0.1) is 0 Å². The van der Waals surface area contributed by atoms with Gasteiger partial charge < -0.3 is 16.2 Å². The van der Waals surface area contributed by atoms with Gasteiger partial charge >= 0.3 is 12.4 Å². The maximum atomic E-state index is 13.1. The summed E-state index contributed by atoms with van der Waals surface area (Å²) >= 11 is 0. The van der Waals surface area contributed by atoms with Gasteiger partial charge in [0.15, 0.2) is 0 Å². The van der Waals surface area contributed by atoms with Crippen LogP contribution in [0.4, 0.5) is 37.7 Å². The Labute approximate surface area is 207 Å². The smallest absolute Gasteiger partial charge is 0.433 e. The number of hydrogen-bond acceptors (Lipinski definition) is 6. The predicted octanol–water partition coefficient (Wildman–Crippen LogP) is 6.16. The summed E-state index contributed by atoms with van der Waals surface area (Å²) < 4.78 is 82.8. The largest absolute Gasteiger partial charge is 0.457 e. The third kappa shape index (κ3) is 7.77. The SMILES string of the molecule is NC(=CC(=Nc1ccc(N(N)/C=C(\N)c2ccc(Oc3ccccc3)cc2)cc1)C(F)(F)F)C(F)(F)F. The number of nitrogens with zero attached hydrogens (tertiary/aromatic N) is 2. The molecule has 0 aliphatic carbocycles. The van der Waals surface area contributed by atoms with Crippen LogP contribution in [-0.2, 0) is 0 Å². The summed E-state index contributed by atoms with van der Waals surface area (Å²) in [6.45, 7) is 0. The molecule has 3 rings (SSSR count). The van der Waals surface area contributed by atoms with Crippen LogP contribution in [0.5, 0.6) is 11.5 Å². The lowest BCUT2D eigenvalue weighted by Crippen LogP contribution is -2.26. The van der Waals surface area contributed by atoms with Crippen molar-refractivity contribution in [2.24, 2.45) is 22.3 Å². The second kappa shape index (κ2) is 11.1. The first-order valence-electron chi connectivity index (χ1n) is 10.5. The zero-order valence-electron chi connectivity index (χ0n) is 19.0. The van der Waals surface area contributed by atoms with E-state index in [-0.39, 0.29) is 17.5 Å². The average molecular weight is 521 g/mol. The number of halogens is 6. The van der Waals surface area contributed by atoms with Crippen molar-refractivity contribution in [3.8, 4) is 11.5 Å². The number of hydrazine groups is 1. The van der Waals surface area contributed by atoms with Crippen LogP contribution >= 0.6 is 0 Å². The van der Waals surface area contributed by atoms with E-state index in [1.807, 2.05) is 30.3 Å². The number of allylic oxidation sites excluding steroid dienone is 2. The van der Waals surface area contributed by atoms with E-state index >= 15 is 0 Å². The Morgan fingerprint density at radius 2 is 1.32 bits per heavy atom. The standard InChI is InChI=1S/C25H21F6N5O/c26-24(27,28)22(33)14-23(25(29,30)31)35-17-8-10-18(11-9-17)36(34)15-21(32)16-6-12-20(13-7-16)37-19-4-2-1-3-5-19/h1-15H,32-34H2/b21-15-,22-14?,35-23?. The van der Waals surface area contributed by atoms with Crippen LogP contribution in [0.3, 0.4) is 0 Å². The Morgan fingerprint density at radius 1 is 0.757 bits per heavy atom. The second-order valence-corrected chi connectivity index (χ2v) is 7.54. The molecule has 0 aromatic heterocycles. The normalized spacial score (nSPS) is 13.4. The molecule has 0 aliphatic rings. The van der Waals surface area contributed by atoms with Gasteiger partial charge in [0.1, 0.15) is 22.9 Å². The zero-order valence-corrected chi connectivity index (χ0v) is 19.0. The van der Waals surface area contributed by atoms with Gasteiger partial charge in [0.05, 0.1) is 17.1 Å². The van der Waals surface area contributed by atoms with Crippen LogP contribution < -0.4 is 27.1 Å². The van der Waals surface area contributed by atoms with Crippen molar-refractivity contribution in [3.05, 3.63) is 102 Å². The molecule has 0 bridgehead atoms. The van der Waals surface area contributed by atoms with Crippen molar-refractivity contribution in [1.29, 1.82) is 0 Å². The molecule has 0 fully saturated rings. The van der Waals surface area contributed by atoms with Gasteiger partial charge in [-0.1, -0.05) is 18.2 Å². The van der Waals surface area contributed by atoms with E-state index < -0.39 is 23.8 Å². The molecule has 0 heterocycles. The number of rotatable bonds is 7. The molecule has 0 aliphatic heterocycles. The van der Waals surface area contributed by atoms with Crippen molar-refractivity contribution < 1.29 is 31.1 Å². The van der Waals surface area contributed by atoms with E-state index in [0.29, 0.717) is 22.7 Å². The molecule has 0 atom stereocenters. The first kappa shape index (κ1) is 27.1. The Balaban J connectivity index is 1.74. The fourth-order valence-electron chi connectivity index (χ4n) is 2.88. The summed E-state index contributed by atoms with van der Waals surface area (Å²) in [5.74, 6) is 7.24. The number of hydrogen-bond donors (Lipinski definition) is 3. The molecular formula is C25H21F6N5O. The van der Waals surface area contributed by atoms with E-state index in [1.165, 1.54) is 18.3 Å². The third-order valence-corrected chi connectivity index (χ3v) is 4.75. The molecular weight excluding hydrogens is 500 g/mol. The van der Waals surface area contributed by atoms with Crippen molar-refractivity contribution in [2.45, 2.75) is 12.4 Å². The van der Waals surface area contributed by atoms with Gasteiger partial charge in [-0.3, -0.25) is 5.01 Å². The number of para-hydroxylation sites is 1. The fraction of sp³-hybridized carbons (Fsp3) is 0.0800. The number of anilines is 1. The fourth-order valence-corrected chi connectivity index (χ4v) is 2.88. The van der Waals surface area contributed by atoms with Gasteiger partial charge in [-0.2, -0.15) is 26.3 Å². The number of ether oxygens (including phenoxy) is 1. The lowest BCUT2D eigenvalue weighted by atomic mass is 10.1. The minimum Gasteiger partial charge on any atom is -0.457 e. The summed E-state index contributed by atoms with van der Waals surface area (Å²) in [5.41, 5.74) is 8.06. The van der Waals surface area contributed by atoms with Gasteiger partial charge in [-0.25, -0.2) is 10.8 Å². The summed E-state index contributed by atoms with van der Waals surface area (Å²) in [6, 6.07) is 21.0. The third-order valence-electron chi connectivity index (χ3n) is 4.75. The average Bonchev–Trinajstić information content (AvgIpc) is 2.84. The Morgan fingerprint density at radius 3 is 1.86 bits per heavy atom. The van der Waals surface area contributed by atoms with E-state index in [1.54, 1.807) is 24.3 Å². The lowest BCUT2D eigenvalue weighted by Gasteiger charge is -2.16. The van der Waals surface area contributed by atoms with E-state index in [2.05, 4.69) is 4.99 Å². The van der Waals surface area contributed by atoms with Gasteiger partial charge in [0.2, 0.25) is 0 Å². The van der Waals surface area contributed by atoms with E-state index in [4.69, 9.17) is 22.0 Å². The Kier molecular flexibility index (Phi) is 8.13. The molecule has 0 spiro atoms. The number of benzene rings is 3. The van der Waals surface area contributed by atoms with Crippen LogP contribution in [0.15, 0.2) is 102 Å². The maximum Gasteiger partial charge on any atom is 0.433 e. The zero-order chi connectivity index (χ0) is 27.2. The maximum absolute atomic E-state index is 13.1. The molecule has 0 saturated heterocycles. The highest BCUT2D eigenvalue weighted by Gasteiger charge is 2.38. The predicted molar refractivity (Wildman–Crippen MR) is 130 cm³/mol. The topological polar surface area (TPSA) is 103 Å². The minimum absolute atomic E-state index is 0.261. The molecule has 6 N–H and O–H groups in total. The molecule has 6 nitrogen and oxygen atoms in total. The highest BCUT2D eigenvalue weighted by atomic mass is 19.4. The monoisotopic (exact) mass is 521 g/mol. The Bertz CT molecular complexity index is 1280. The lowest BCUT2D eigenvalue weighted by molar-refractivity contribution is -0.0928. The molecule has 0 radical (unpaired) electrons. The molecule has 0 amide bonds. The number of aliphatic imine (C=N–C) groups is 1. The van der Waals surface area contributed by atoms with Crippen molar-refractivity contribution in [3.63, 3.8) is 0 Å². The number of alkyl halides is 6. The number of nitrogens with two attached hydrogens (primary N) is 3. The van der Waals surface area contributed by atoms with Gasteiger partial charge in [0.25, 0.3) is 0 Å².